The van der Waals surface area contributed by atoms with Gasteiger partial charge >= 0.3 is 11.9 Å². The van der Waals surface area contributed by atoms with E-state index in [2.05, 4.69) is 20.9 Å². The van der Waals surface area contributed by atoms with Crippen molar-refractivity contribution in [1.82, 2.24) is 20.9 Å². The van der Waals surface area contributed by atoms with Gasteiger partial charge < -0.3 is 42.6 Å². The van der Waals surface area contributed by atoms with Gasteiger partial charge in [-0.3, -0.25) is 24.0 Å². The van der Waals surface area contributed by atoms with Gasteiger partial charge in [-0.2, -0.15) is 0 Å². The van der Waals surface area contributed by atoms with Crippen molar-refractivity contribution in [3.8, 4) is 0 Å². The van der Waals surface area contributed by atoms with E-state index in [9.17, 15) is 33.9 Å². The topological polar surface area (TPSA) is 247 Å². The van der Waals surface area contributed by atoms with Gasteiger partial charge in [0.1, 0.15) is 18.1 Å². The molecule has 0 saturated carbocycles. The molecule has 2 aromatic rings. The van der Waals surface area contributed by atoms with Crippen LogP contribution in [0.4, 0.5) is 0 Å². The Morgan fingerprint density at radius 3 is 2.20 bits per heavy atom. The SMILES string of the molecule is CCC(C)C(NC(=O)C(Cc1c[nH]c2ccccc12)NC(=O)C(N)CCC(=O)O)C(=O)NC(CC(N)=O)C(=O)O. The Bertz CT molecular complexity index is 1240. The highest BCUT2D eigenvalue weighted by Gasteiger charge is 2.33. The maximum atomic E-state index is 13.5. The number of carbonyl (C=O) groups excluding carboxylic acids is 4. The van der Waals surface area contributed by atoms with Gasteiger partial charge in [0.25, 0.3) is 0 Å². The van der Waals surface area contributed by atoms with Crippen molar-refractivity contribution in [1.29, 1.82) is 0 Å². The molecule has 0 aliphatic rings. The smallest absolute Gasteiger partial charge is 0.326 e. The van der Waals surface area contributed by atoms with Crippen LogP contribution >= 0.6 is 0 Å². The summed E-state index contributed by atoms with van der Waals surface area (Å²) in [5.41, 5.74) is 12.4. The molecule has 10 N–H and O–H groups in total. The molecule has 14 nitrogen and oxygen atoms in total. The third-order valence-electron chi connectivity index (χ3n) is 6.55. The molecule has 1 heterocycles. The molecule has 5 atom stereocenters. The van der Waals surface area contributed by atoms with E-state index in [1.165, 1.54) is 0 Å². The summed E-state index contributed by atoms with van der Waals surface area (Å²) >= 11 is 0. The van der Waals surface area contributed by atoms with Gasteiger partial charge in [-0.25, -0.2) is 4.79 Å². The van der Waals surface area contributed by atoms with Crippen LogP contribution in [0.3, 0.4) is 0 Å². The number of benzene rings is 1. The minimum Gasteiger partial charge on any atom is -0.481 e. The van der Waals surface area contributed by atoms with Crippen molar-refractivity contribution in [3.63, 3.8) is 0 Å². The van der Waals surface area contributed by atoms with Gasteiger partial charge in [-0.05, 0) is 24.0 Å². The first-order chi connectivity index (χ1) is 18.8. The fourth-order valence-electron chi connectivity index (χ4n) is 4.04. The molecule has 0 fully saturated rings. The van der Waals surface area contributed by atoms with E-state index in [-0.39, 0.29) is 19.3 Å². The predicted octanol–water partition coefficient (Wildman–Crippen LogP) is -0.637. The van der Waals surface area contributed by atoms with Crippen LogP contribution in [0.1, 0.15) is 45.1 Å². The van der Waals surface area contributed by atoms with Crippen LogP contribution in [0.5, 0.6) is 0 Å². The summed E-state index contributed by atoms with van der Waals surface area (Å²) in [6, 6.07) is 2.07. The van der Waals surface area contributed by atoms with E-state index in [1.807, 2.05) is 24.3 Å². The number of nitrogens with two attached hydrogens (primary N) is 2. The molecule has 0 spiro atoms. The highest BCUT2D eigenvalue weighted by molar-refractivity contribution is 5.95. The Morgan fingerprint density at radius 1 is 0.950 bits per heavy atom. The molecule has 0 radical (unpaired) electrons. The molecule has 1 aromatic carbocycles. The zero-order chi connectivity index (χ0) is 30.0. The van der Waals surface area contributed by atoms with E-state index >= 15 is 0 Å². The van der Waals surface area contributed by atoms with Crippen molar-refractivity contribution < 1.29 is 39.0 Å². The van der Waals surface area contributed by atoms with Gasteiger partial charge in [0.2, 0.25) is 23.6 Å². The highest BCUT2D eigenvalue weighted by atomic mass is 16.4. The van der Waals surface area contributed by atoms with Crippen molar-refractivity contribution in [2.45, 2.75) is 70.1 Å². The highest BCUT2D eigenvalue weighted by Crippen LogP contribution is 2.20. The fourth-order valence-corrected chi connectivity index (χ4v) is 4.04. The lowest BCUT2D eigenvalue weighted by Gasteiger charge is -2.28. The first-order valence-corrected chi connectivity index (χ1v) is 12.8. The van der Waals surface area contributed by atoms with E-state index in [0.29, 0.717) is 12.0 Å². The average Bonchev–Trinajstić information content (AvgIpc) is 3.31. The van der Waals surface area contributed by atoms with Crippen molar-refractivity contribution in [2.75, 3.05) is 0 Å². The van der Waals surface area contributed by atoms with Crippen LogP contribution in [0, 0.1) is 5.92 Å². The lowest BCUT2D eigenvalue weighted by molar-refractivity contribution is -0.144. The molecule has 0 aliphatic carbocycles. The number of para-hydroxylation sites is 1. The Balaban J connectivity index is 2.32. The number of aromatic nitrogens is 1. The Kier molecular flexibility index (Phi) is 11.6. The number of aromatic amines is 1. The number of nitrogens with one attached hydrogen (secondary N) is 4. The third kappa shape index (κ3) is 9.08. The monoisotopic (exact) mass is 560 g/mol. The molecule has 2 rings (SSSR count). The zero-order valence-corrected chi connectivity index (χ0v) is 22.3. The van der Waals surface area contributed by atoms with Gasteiger partial charge in [0.05, 0.1) is 12.5 Å². The second-order valence-electron chi connectivity index (χ2n) is 9.61. The van der Waals surface area contributed by atoms with Crippen molar-refractivity contribution in [3.05, 3.63) is 36.0 Å². The molecular formula is C26H36N6O8. The number of carbonyl (C=O) groups is 6. The largest absolute Gasteiger partial charge is 0.481 e. The van der Waals surface area contributed by atoms with Gasteiger partial charge in [0.15, 0.2) is 0 Å². The maximum Gasteiger partial charge on any atom is 0.326 e. The number of aliphatic carboxylic acids is 2. The van der Waals surface area contributed by atoms with Crippen LogP contribution in [0.2, 0.25) is 0 Å². The second kappa shape index (κ2) is 14.6. The van der Waals surface area contributed by atoms with E-state index in [1.54, 1.807) is 20.0 Å². The average molecular weight is 561 g/mol. The fraction of sp³-hybridized carbons (Fsp3) is 0.462. The van der Waals surface area contributed by atoms with E-state index in [0.717, 1.165) is 10.9 Å². The number of hydrogen-bond acceptors (Lipinski definition) is 7. The molecule has 4 amide bonds. The number of hydrogen-bond donors (Lipinski definition) is 8. The Morgan fingerprint density at radius 2 is 1.60 bits per heavy atom. The molecule has 0 bridgehead atoms. The minimum atomic E-state index is -1.59. The number of fused-ring (bicyclic) bond motifs is 1. The van der Waals surface area contributed by atoms with Crippen molar-refractivity contribution in [2.24, 2.45) is 17.4 Å². The minimum absolute atomic E-state index is 0.00150. The first kappa shape index (κ1) is 31.8. The summed E-state index contributed by atoms with van der Waals surface area (Å²) < 4.78 is 0. The summed E-state index contributed by atoms with van der Waals surface area (Å²) in [5, 5.41) is 26.5. The van der Waals surface area contributed by atoms with Gasteiger partial charge in [0, 0.05) is 29.9 Å². The molecule has 14 heteroatoms. The predicted molar refractivity (Wildman–Crippen MR) is 144 cm³/mol. The van der Waals surface area contributed by atoms with Gasteiger partial charge in [-0.1, -0.05) is 38.5 Å². The maximum absolute atomic E-state index is 13.5. The quantitative estimate of drug-likeness (QED) is 0.130. The normalized spacial score (nSPS) is 14.8. The molecule has 0 saturated heterocycles. The molecule has 218 valence electrons. The number of primary amides is 1. The molecule has 40 heavy (non-hydrogen) atoms. The summed E-state index contributed by atoms with van der Waals surface area (Å²) in [6.45, 7) is 3.44. The standard InChI is InChI=1S/C26H36N6O8/c1-3-13(2)22(25(38)31-19(26(39)40)11-20(28)33)32-24(37)18(30-23(36)16(27)8-9-21(34)35)10-14-12-29-17-7-5-4-6-15(14)17/h4-7,12-13,16,18-19,22,29H,3,8-11,27H2,1-2H3,(H2,28,33)(H,30,36)(H,31,38)(H,32,37)(H,34,35)(H,39,40). The summed E-state index contributed by atoms with van der Waals surface area (Å²) in [4.78, 5) is 76.1. The van der Waals surface area contributed by atoms with Crippen LogP contribution < -0.4 is 27.4 Å². The summed E-state index contributed by atoms with van der Waals surface area (Å²) in [5.74, 6) is -6.33. The molecule has 0 aliphatic heterocycles. The summed E-state index contributed by atoms with van der Waals surface area (Å²) in [7, 11) is 0. The second-order valence-corrected chi connectivity index (χ2v) is 9.61. The Labute approximate surface area is 230 Å². The van der Waals surface area contributed by atoms with Crippen LogP contribution in [-0.2, 0) is 35.2 Å². The van der Waals surface area contributed by atoms with Gasteiger partial charge in [-0.15, -0.1) is 0 Å². The summed E-state index contributed by atoms with van der Waals surface area (Å²) in [6.07, 6.45) is 0.960. The molecule has 5 unspecified atom stereocenters. The lowest BCUT2D eigenvalue weighted by Crippen LogP contribution is -2.59. The molecular weight excluding hydrogens is 524 g/mol. The lowest BCUT2D eigenvalue weighted by atomic mass is 9.96. The number of rotatable bonds is 16. The van der Waals surface area contributed by atoms with Crippen LogP contribution in [-0.4, -0.2) is 74.9 Å². The Hall–Kier alpha value is -4.46. The van der Waals surface area contributed by atoms with Crippen LogP contribution in [0.25, 0.3) is 10.9 Å². The van der Waals surface area contributed by atoms with Crippen molar-refractivity contribution >= 4 is 46.5 Å². The third-order valence-corrected chi connectivity index (χ3v) is 6.55. The molecule has 1 aromatic heterocycles. The zero-order valence-electron chi connectivity index (χ0n) is 22.3. The van der Waals surface area contributed by atoms with Crippen LogP contribution in [0.15, 0.2) is 30.5 Å². The van der Waals surface area contributed by atoms with E-state index in [4.69, 9.17) is 16.6 Å². The number of carboxylic acids is 2. The van der Waals surface area contributed by atoms with E-state index < -0.39 is 72.1 Å². The first-order valence-electron chi connectivity index (χ1n) is 12.8. The number of carboxylic acid groups (broad SMARTS) is 2. The number of amides is 4. The number of H-pyrrole nitrogens is 1.